The molecule has 0 fully saturated rings. The molecule has 0 aliphatic heterocycles. The minimum atomic E-state index is 0.125. The first-order valence-electron chi connectivity index (χ1n) is 10.7. The van der Waals surface area contributed by atoms with Crippen LogP contribution in [0.25, 0.3) is 0 Å². The molecule has 164 valence electrons. The summed E-state index contributed by atoms with van der Waals surface area (Å²) >= 11 is 6.14. The van der Waals surface area contributed by atoms with Gasteiger partial charge in [-0.2, -0.15) is 15.0 Å². The lowest BCUT2D eigenvalue weighted by Gasteiger charge is -2.21. The Morgan fingerprint density at radius 1 is 0.613 bits per heavy atom. The van der Waals surface area contributed by atoms with E-state index in [1.54, 1.807) is 0 Å². The molecule has 0 amide bonds. The minimum Gasteiger partial charge on any atom is -0.372 e. The third-order valence-corrected chi connectivity index (χ3v) is 5.28. The normalized spacial score (nSPS) is 10.6. The first-order valence-corrected chi connectivity index (χ1v) is 11.1. The molecule has 3 aromatic rings. The summed E-state index contributed by atoms with van der Waals surface area (Å²) < 4.78 is 0. The topological polar surface area (TPSA) is 69.2 Å². The van der Waals surface area contributed by atoms with Crippen molar-refractivity contribution < 1.29 is 0 Å². The predicted octanol–water partition coefficient (Wildman–Crippen LogP) is 5.70. The molecule has 2 aromatic carbocycles. The van der Waals surface area contributed by atoms with Crippen molar-refractivity contribution in [2.24, 2.45) is 0 Å². The van der Waals surface area contributed by atoms with Gasteiger partial charge >= 0.3 is 0 Å². The van der Waals surface area contributed by atoms with E-state index < -0.39 is 0 Å². The number of nitrogens with one attached hydrogen (secondary N) is 2. The summed E-state index contributed by atoms with van der Waals surface area (Å²) in [5.74, 6) is 0.774. The van der Waals surface area contributed by atoms with Gasteiger partial charge in [0.05, 0.1) is 0 Å². The second-order valence-corrected chi connectivity index (χ2v) is 7.28. The average Bonchev–Trinajstić information content (AvgIpc) is 2.77. The minimum absolute atomic E-state index is 0.125. The molecule has 0 saturated carbocycles. The fraction of sp³-hybridized carbons (Fsp3) is 0.348. The summed E-state index contributed by atoms with van der Waals surface area (Å²) in [6.45, 7) is 12.5. The lowest BCUT2D eigenvalue weighted by Crippen LogP contribution is -2.21. The molecule has 0 aliphatic carbocycles. The molecule has 31 heavy (non-hydrogen) atoms. The number of hydrogen-bond acceptors (Lipinski definition) is 7. The Balaban J connectivity index is 1.71. The van der Waals surface area contributed by atoms with Crippen LogP contribution in [-0.4, -0.2) is 41.1 Å². The van der Waals surface area contributed by atoms with Crippen molar-refractivity contribution >= 4 is 46.2 Å². The van der Waals surface area contributed by atoms with Gasteiger partial charge in [0.1, 0.15) is 0 Å². The molecular weight excluding hydrogens is 410 g/mol. The van der Waals surface area contributed by atoms with E-state index in [1.165, 1.54) is 11.4 Å². The SMILES string of the molecule is CCN(CC)c1ccc(Nc2nc(Cl)nc(Nc3ccc(N(CC)CC)cc3)n2)cc1. The van der Waals surface area contributed by atoms with Crippen LogP contribution in [0.2, 0.25) is 5.28 Å². The standard InChI is InChI=1S/C23H30ClN7/c1-5-30(6-2)19-13-9-17(10-14-19)25-22-27-21(24)28-23(29-22)26-18-11-15-20(16-12-18)31(7-3)8-4/h9-16H,5-8H2,1-4H3,(H2,25,26,27,28,29). The zero-order valence-electron chi connectivity index (χ0n) is 18.6. The third kappa shape index (κ3) is 5.98. The largest absolute Gasteiger partial charge is 0.372 e. The summed E-state index contributed by atoms with van der Waals surface area (Å²) in [4.78, 5) is 17.4. The number of halogens is 1. The molecule has 3 rings (SSSR count). The van der Waals surface area contributed by atoms with E-state index in [0.717, 1.165) is 37.6 Å². The van der Waals surface area contributed by atoms with Crippen LogP contribution in [0.4, 0.5) is 34.6 Å². The Morgan fingerprint density at radius 2 is 0.968 bits per heavy atom. The highest BCUT2D eigenvalue weighted by Gasteiger charge is 2.08. The Hall–Kier alpha value is -3.06. The summed E-state index contributed by atoms with van der Waals surface area (Å²) in [7, 11) is 0. The quantitative estimate of drug-likeness (QED) is 0.419. The fourth-order valence-electron chi connectivity index (χ4n) is 3.41. The van der Waals surface area contributed by atoms with Crippen LogP contribution in [-0.2, 0) is 0 Å². The molecule has 0 atom stereocenters. The second-order valence-electron chi connectivity index (χ2n) is 6.94. The van der Waals surface area contributed by atoms with Crippen LogP contribution in [0, 0.1) is 0 Å². The predicted molar refractivity (Wildman–Crippen MR) is 131 cm³/mol. The Bertz CT molecular complexity index is 877. The van der Waals surface area contributed by atoms with Crippen LogP contribution in [0.1, 0.15) is 27.7 Å². The maximum absolute atomic E-state index is 6.14. The van der Waals surface area contributed by atoms with Gasteiger partial charge in [-0.25, -0.2) is 0 Å². The number of benzene rings is 2. The van der Waals surface area contributed by atoms with Gasteiger partial charge in [-0.15, -0.1) is 0 Å². The molecule has 1 heterocycles. The molecule has 0 aliphatic rings. The maximum atomic E-state index is 6.14. The van der Waals surface area contributed by atoms with Crippen LogP contribution in [0.5, 0.6) is 0 Å². The average molecular weight is 440 g/mol. The first-order chi connectivity index (χ1) is 15.1. The van der Waals surface area contributed by atoms with E-state index >= 15 is 0 Å². The fourth-order valence-corrected chi connectivity index (χ4v) is 3.57. The summed E-state index contributed by atoms with van der Waals surface area (Å²) in [6, 6.07) is 16.3. The van der Waals surface area contributed by atoms with Crippen molar-refractivity contribution in [1.82, 2.24) is 15.0 Å². The van der Waals surface area contributed by atoms with E-state index in [4.69, 9.17) is 11.6 Å². The van der Waals surface area contributed by atoms with Crippen LogP contribution in [0.15, 0.2) is 48.5 Å². The van der Waals surface area contributed by atoms with Crippen molar-refractivity contribution in [2.75, 3.05) is 46.6 Å². The van der Waals surface area contributed by atoms with Gasteiger partial charge in [0.15, 0.2) is 0 Å². The molecule has 7 nitrogen and oxygen atoms in total. The zero-order chi connectivity index (χ0) is 22.2. The Labute approximate surface area is 189 Å². The summed E-state index contributed by atoms with van der Waals surface area (Å²) in [6.07, 6.45) is 0. The van der Waals surface area contributed by atoms with Gasteiger partial charge in [-0.1, -0.05) is 0 Å². The van der Waals surface area contributed by atoms with E-state index in [1.807, 2.05) is 24.3 Å². The molecule has 0 radical (unpaired) electrons. The number of hydrogen-bond donors (Lipinski definition) is 2. The lowest BCUT2D eigenvalue weighted by molar-refractivity contribution is 0.866. The van der Waals surface area contributed by atoms with E-state index in [9.17, 15) is 0 Å². The van der Waals surface area contributed by atoms with Crippen LogP contribution in [0.3, 0.4) is 0 Å². The highest BCUT2D eigenvalue weighted by Crippen LogP contribution is 2.23. The Kier molecular flexibility index (Phi) is 7.89. The highest BCUT2D eigenvalue weighted by molar-refractivity contribution is 6.28. The molecule has 8 heteroatoms. The second kappa shape index (κ2) is 10.8. The van der Waals surface area contributed by atoms with E-state index in [0.29, 0.717) is 11.9 Å². The third-order valence-electron chi connectivity index (χ3n) is 5.11. The Morgan fingerprint density at radius 3 is 1.29 bits per heavy atom. The van der Waals surface area contributed by atoms with Crippen molar-refractivity contribution in [3.05, 3.63) is 53.8 Å². The molecule has 0 spiro atoms. The maximum Gasteiger partial charge on any atom is 0.233 e. The molecule has 0 unspecified atom stereocenters. The van der Waals surface area contributed by atoms with E-state index in [2.05, 4.69) is 87.3 Å². The zero-order valence-corrected chi connectivity index (χ0v) is 19.3. The summed E-state index contributed by atoms with van der Waals surface area (Å²) in [5.41, 5.74) is 4.12. The van der Waals surface area contributed by atoms with Gasteiger partial charge in [-0.05, 0) is 87.8 Å². The van der Waals surface area contributed by atoms with Crippen molar-refractivity contribution in [1.29, 1.82) is 0 Å². The first kappa shape index (κ1) is 22.6. The van der Waals surface area contributed by atoms with Crippen molar-refractivity contribution in [3.63, 3.8) is 0 Å². The number of rotatable bonds is 10. The molecule has 0 bridgehead atoms. The number of nitrogens with zero attached hydrogens (tertiary/aromatic N) is 5. The molecule has 2 N–H and O–H groups in total. The molecule has 1 aromatic heterocycles. The van der Waals surface area contributed by atoms with Gasteiger partial charge in [0, 0.05) is 48.9 Å². The van der Waals surface area contributed by atoms with Gasteiger partial charge in [-0.3, -0.25) is 0 Å². The number of anilines is 6. The van der Waals surface area contributed by atoms with Crippen LogP contribution >= 0.6 is 11.6 Å². The van der Waals surface area contributed by atoms with Gasteiger partial charge in [0.2, 0.25) is 17.2 Å². The molecular formula is C23H30ClN7. The number of aromatic nitrogens is 3. The smallest absolute Gasteiger partial charge is 0.233 e. The highest BCUT2D eigenvalue weighted by atomic mass is 35.5. The summed E-state index contributed by atoms with van der Waals surface area (Å²) in [5, 5.41) is 6.53. The van der Waals surface area contributed by atoms with Crippen molar-refractivity contribution in [3.8, 4) is 0 Å². The van der Waals surface area contributed by atoms with Gasteiger partial charge < -0.3 is 20.4 Å². The van der Waals surface area contributed by atoms with Crippen LogP contribution < -0.4 is 20.4 Å². The van der Waals surface area contributed by atoms with Gasteiger partial charge in [0.25, 0.3) is 0 Å². The monoisotopic (exact) mass is 439 g/mol. The van der Waals surface area contributed by atoms with E-state index in [-0.39, 0.29) is 5.28 Å². The molecule has 0 saturated heterocycles. The van der Waals surface area contributed by atoms with Crippen molar-refractivity contribution in [2.45, 2.75) is 27.7 Å². The lowest BCUT2D eigenvalue weighted by atomic mass is 10.2.